The predicted molar refractivity (Wildman–Crippen MR) is 112 cm³/mol. The van der Waals surface area contributed by atoms with Gasteiger partial charge in [-0.05, 0) is 64.8 Å². The molecule has 2 saturated heterocycles. The number of rotatable bonds is 6. The summed E-state index contributed by atoms with van der Waals surface area (Å²) in [7, 11) is 0. The van der Waals surface area contributed by atoms with E-state index in [-0.39, 0.29) is 5.78 Å². The summed E-state index contributed by atoms with van der Waals surface area (Å²) >= 11 is 0. The zero-order valence-electron chi connectivity index (χ0n) is 17.4. The highest BCUT2D eigenvalue weighted by Crippen LogP contribution is 2.21. The standard InChI is InChI=1S/C22H36N4O/c1-4-7-21(27)20-8-5-9-22(23-20)26-13-6-12-25(16-17-26)19-10-14-24(15-11-19)18(2)3/h5,8-9,18-19H,4,6-7,10-17H2,1-3H3. The van der Waals surface area contributed by atoms with Crippen LogP contribution in [0.4, 0.5) is 5.82 Å². The van der Waals surface area contributed by atoms with E-state index in [1.165, 1.54) is 38.9 Å². The third-order valence-corrected chi connectivity index (χ3v) is 6.10. The molecule has 0 amide bonds. The van der Waals surface area contributed by atoms with Gasteiger partial charge in [-0.15, -0.1) is 0 Å². The molecule has 0 bridgehead atoms. The van der Waals surface area contributed by atoms with Gasteiger partial charge in [-0.1, -0.05) is 13.0 Å². The minimum Gasteiger partial charge on any atom is -0.355 e. The third kappa shape index (κ3) is 5.29. The van der Waals surface area contributed by atoms with Crippen LogP contribution in [-0.4, -0.2) is 71.9 Å². The molecular weight excluding hydrogens is 336 g/mol. The average Bonchev–Trinajstić information content (AvgIpc) is 2.94. The van der Waals surface area contributed by atoms with Gasteiger partial charge in [0.2, 0.25) is 0 Å². The highest BCUT2D eigenvalue weighted by molar-refractivity contribution is 5.94. The molecule has 0 aliphatic carbocycles. The second-order valence-corrected chi connectivity index (χ2v) is 8.29. The van der Waals surface area contributed by atoms with Crippen molar-refractivity contribution in [2.24, 2.45) is 0 Å². The van der Waals surface area contributed by atoms with Gasteiger partial charge in [0.15, 0.2) is 5.78 Å². The van der Waals surface area contributed by atoms with E-state index in [2.05, 4.69) is 39.6 Å². The molecule has 0 saturated carbocycles. The SMILES string of the molecule is CCCC(=O)c1cccc(N2CCCN(C3CCN(C(C)C)CC3)CC2)n1. The fourth-order valence-corrected chi connectivity index (χ4v) is 4.41. The summed E-state index contributed by atoms with van der Waals surface area (Å²) in [5.41, 5.74) is 0.622. The Balaban J connectivity index is 1.57. The van der Waals surface area contributed by atoms with E-state index in [0.717, 1.165) is 37.9 Å². The lowest BCUT2D eigenvalue weighted by atomic mass is 10.0. The molecule has 0 unspecified atom stereocenters. The summed E-state index contributed by atoms with van der Waals surface area (Å²) in [6, 6.07) is 7.29. The van der Waals surface area contributed by atoms with Gasteiger partial charge in [0.1, 0.15) is 11.5 Å². The van der Waals surface area contributed by atoms with E-state index < -0.39 is 0 Å². The van der Waals surface area contributed by atoms with Crippen molar-refractivity contribution in [3.63, 3.8) is 0 Å². The van der Waals surface area contributed by atoms with Crippen molar-refractivity contribution in [2.75, 3.05) is 44.2 Å². The molecule has 27 heavy (non-hydrogen) atoms. The Labute approximate surface area is 164 Å². The van der Waals surface area contributed by atoms with Crippen LogP contribution in [0.1, 0.15) is 63.4 Å². The summed E-state index contributed by atoms with van der Waals surface area (Å²) in [6.45, 7) is 13.4. The number of nitrogens with zero attached hydrogens (tertiary/aromatic N) is 4. The molecule has 150 valence electrons. The van der Waals surface area contributed by atoms with Gasteiger partial charge in [-0.25, -0.2) is 4.98 Å². The Bertz CT molecular complexity index is 610. The van der Waals surface area contributed by atoms with E-state index in [9.17, 15) is 4.79 Å². The summed E-state index contributed by atoms with van der Waals surface area (Å²) in [5.74, 6) is 1.13. The first-order valence-electron chi connectivity index (χ1n) is 10.8. The summed E-state index contributed by atoms with van der Waals surface area (Å²) in [4.78, 5) is 24.5. The van der Waals surface area contributed by atoms with Gasteiger partial charge in [0, 0.05) is 44.7 Å². The van der Waals surface area contributed by atoms with Gasteiger partial charge in [-0.2, -0.15) is 0 Å². The number of carbonyl (C=O) groups is 1. The number of ketones is 1. The van der Waals surface area contributed by atoms with Crippen molar-refractivity contribution in [1.29, 1.82) is 0 Å². The van der Waals surface area contributed by atoms with Crippen molar-refractivity contribution in [3.05, 3.63) is 23.9 Å². The molecule has 2 aliphatic rings. The number of Topliss-reactive ketones (excluding diaryl/α,β-unsaturated/α-hetero) is 1. The van der Waals surface area contributed by atoms with Crippen LogP contribution in [0.15, 0.2) is 18.2 Å². The van der Waals surface area contributed by atoms with Crippen molar-refractivity contribution in [1.82, 2.24) is 14.8 Å². The van der Waals surface area contributed by atoms with E-state index in [1.807, 2.05) is 19.1 Å². The van der Waals surface area contributed by atoms with E-state index in [1.54, 1.807) is 0 Å². The number of hydrogen-bond acceptors (Lipinski definition) is 5. The molecule has 0 radical (unpaired) electrons. The summed E-state index contributed by atoms with van der Waals surface area (Å²) < 4.78 is 0. The van der Waals surface area contributed by atoms with Crippen LogP contribution in [0, 0.1) is 0 Å². The first-order chi connectivity index (χ1) is 13.1. The smallest absolute Gasteiger partial charge is 0.181 e. The number of piperidine rings is 1. The molecule has 0 atom stereocenters. The Morgan fingerprint density at radius 1 is 1.11 bits per heavy atom. The Morgan fingerprint density at radius 2 is 1.89 bits per heavy atom. The van der Waals surface area contributed by atoms with Gasteiger partial charge in [0.05, 0.1) is 0 Å². The predicted octanol–water partition coefficient (Wildman–Crippen LogP) is 3.45. The second kappa shape index (κ2) is 9.65. The molecule has 0 spiro atoms. The topological polar surface area (TPSA) is 39.7 Å². The van der Waals surface area contributed by atoms with E-state index in [0.29, 0.717) is 18.2 Å². The lowest BCUT2D eigenvalue weighted by Gasteiger charge is -2.39. The molecule has 3 rings (SSSR count). The number of carbonyl (C=O) groups excluding carboxylic acids is 1. The van der Waals surface area contributed by atoms with Crippen molar-refractivity contribution in [3.8, 4) is 0 Å². The first-order valence-corrected chi connectivity index (χ1v) is 10.8. The van der Waals surface area contributed by atoms with Crippen LogP contribution in [-0.2, 0) is 0 Å². The molecule has 0 N–H and O–H groups in total. The van der Waals surface area contributed by atoms with Crippen LogP contribution in [0.25, 0.3) is 0 Å². The highest BCUT2D eigenvalue weighted by atomic mass is 16.1. The second-order valence-electron chi connectivity index (χ2n) is 8.29. The highest BCUT2D eigenvalue weighted by Gasteiger charge is 2.27. The van der Waals surface area contributed by atoms with Crippen molar-refractivity contribution >= 4 is 11.6 Å². The number of anilines is 1. The van der Waals surface area contributed by atoms with Gasteiger partial charge in [0.25, 0.3) is 0 Å². The molecule has 2 fully saturated rings. The molecule has 1 aromatic rings. The first kappa shape index (κ1) is 20.3. The van der Waals surface area contributed by atoms with Gasteiger partial charge in [-0.3, -0.25) is 9.69 Å². The van der Waals surface area contributed by atoms with Crippen LogP contribution in [0.2, 0.25) is 0 Å². The van der Waals surface area contributed by atoms with Crippen molar-refractivity contribution < 1.29 is 4.79 Å². The third-order valence-electron chi connectivity index (χ3n) is 6.10. The minimum absolute atomic E-state index is 0.160. The Morgan fingerprint density at radius 3 is 2.59 bits per heavy atom. The van der Waals surface area contributed by atoms with E-state index in [4.69, 9.17) is 0 Å². The molecular formula is C22H36N4O. The molecule has 3 heterocycles. The lowest BCUT2D eigenvalue weighted by Crippen LogP contribution is -2.47. The Kier molecular flexibility index (Phi) is 7.25. The zero-order valence-corrected chi connectivity index (χ0v) is 17.4. The van der Waals surface area contributed by atoms with Crippen LogP contribution in [0.3, 0.4) is 0 Å². The van der Waals surface area contributed by atoms with Crippen LogP contribution >= 0.6 is 0 Å². The van der Waals surface area contributed by atoms with Gasteiger partial charge >= 0.3 is 0 Å². The number of pyridine rings is 1. The molecule has 5 heteroatoms. The maximum atomic E-state index is 12.2. The van der Waals surface area contributed by atoms with Crippen LogP contribution in [0.5, 0.6) is 0 Å². The normalized spacial score (nSPS) is 20.8. The monoisotopic (exact) mass is 372 g/mol. The molecule has 2 aliphatic heterocycles. The molecule has 5 nitrogen and oxygen atoms in total. The fourth-order valence-electron chi connectivity index (χ4n) is 4.41. The maximum Gasteiger partial charge on any atom is 0.181 e. The maximum absolute atomic E-state index is 12.2. The number of aromatic nitrogens is 1. The average molecular weight is 373 g/mol. The summed E-state index contributed by atoms with van der Waals surface area (Å²) in [5, 5.41) is 0. The number of hydrogen-bond donors (Lipinski definition) is 0. The molecule has 1 aromatic heterocycles. The zero-order chi connectivity index (χ0) is 19.2. The number of likely N-dealkylation sites (tertiary alicyclic amines) is 1. The quantitative estimate of drug-likeness (QED) is 0.715. The van der Waals surface area contributed by atoms with Gasteiger partial charge < -0.3 is 9.80 Å². The Hall–Kier alpha value is -1.46. The minimum atomic E-state index is 0.160. The van der Waals surface area contributed by atoms with Crippen LogP contribution < -0.4 is 4.90 Å². The fraction of sp³-hybridized carbons (Fsp3) is 0.727. The van der Waals surface area contributed by atoms with E-state index >= 15 is 0 Å². The molecule has 0 aromatic carbocycles. The largest absolute Gasteiger partial charge is 0.355 e. The lowest BCUT2D eigenvalue weighted by molar-refractivity contribution is 0.0965. The summed E-state index contributed by atoms with van der Waals surface area (Å²) in [6.07, 6.45) is 5.20. The van der Waals surface area contributed by atoms with Crippen molar-refractivity contribution in [2.45, 2.75) is 65.0 Å².